The summed E-state index contributed by atoms with van der Waals surface area (Å²) in [5.74, 6) is 1.02. The Kier molecular flexibility index (Phi) is 5.74. The number of rotatable bonds is 6. The molecule has 132 valence electrons. The molecule has 6 unspecified atom stereocenters. The monoisotopic (exact) mass is 324 g/mol. The standard InChI is InChI=1S/C19H32O4/c1-10(2)8-22-18(20)16-14-7-15(13(6)12(14)5)17(16)19(21)23-9-11(3)4/h10-17H,7-9H2,1-6H3. The van der Waals surface area contributed by atoms with E-state index in [9.17, 15) is 9.59 Å². The molecular formula is C19H32O4. The normalized spacial score (nSPS) is 35.8. The van der Waals surface area contributed by atoms with Gasteiger partial charge in [0.25, 0.3) is 0 Å². The largest absolute Gasteiger partial charge is 0.465 e. The van der Waals surface area contributed by atoms with Crippen LogP contribution < -0.4 is 0 Å². The van der Waals surface area contributed by atoms with Gasteiger partial charge in [0, 0.05) is 0 Å². The van der Waals surface area contributed by atoms with Gasteiger partial charge in [-0.1, -0.05) is 41.5 Å². The Bertz CT molecular complexity index is 403. The summed E-state index contributed by atoms with van der Waals surface area (Å²) in [4.78, 5) is 25.2. The van der Waals surface area contributed by atoms with Crippen LogP contribution >= 0.6 is 0 Å². The minimum Gasteiger partial charge on any atom is -0.465 e. The van der Waals surface area contributed by atoms with E-state index in [2.05, 4.69) is 13.8 Å². The van der Waals surface area contributed by atoms with E-state index in [0.29, 0.717) is 36.9 Å². The number of carbonyl (C=O) groups is 2. The van der Waals surface area contributed by atoms with Crippen LogP contribution in [0.5, 0.6) is 0 Å². The highest BCUT2D eigenvalue weighted by Crippen LogP contribution is 2.58. The fourth-order valence-corrected chi connectivity index (χ4v) is 4.34. The Morgan fingerprint density at radius 3 is 1.48 bits per heavy atom. The second-order valence-corrected chi connectivity index (χ2v) is 8.38. The van der Waals surface area contributed by atoms with Crippen molar-refractivity contribution in [3.05, 3.63) is 0 Å². The van der Waals surface area contributed by atoms with E-state index in [4.69, 9.17) is 9.47 Å². The van der Waals surface area contributed by atoms with Crippen molar-refractivity contribution in [1.29, 1.82) is 0 Å². The van der Waals surface area contributed by atoms with Crippen LogP contribution in [0.15, 0.2) is 0 Å². The van der Waals surface area contributed by atoms with Crippen molar-refractivity contribution in [2.24, 2.45) is 47.3 Å². The topological polar surface area (TPSA) is 52.6 Å². The van der Waals surface area contributed by atoms with Gasteiger partial charge >= 0.3 is 11.9 Å². The summed E-state index contributed by atoms with van der Waals surface area (Å²) in [6, 6.07) is 0. The van der Waals surface area contributed by atoms with Crippen LogP contribution in [-0.2, 0) is 19.1 Å². The molecule has 0 radical (unpaired) electrons. The van der Waals surface area contributed by atoms with Crippen LogP contribution in [0.2, 0.25) is 0 Å². The van der Waals surface area contributed by atoms with E-state index in [-0.39, 0.29) is 35.6 Å². The highest BCUT2D eigenvalue weighted by Gasteiger charge is 2.60. The van der Waals surface area contributed by atoms with Gasteiger partial charge in [-0.05, 0) is 41.9 Å². The molecule has 2 saturated carbocycles. The fraction of sp³-hybridized carbons (Fsp3) is 0.895. The maximum absolute atomic E-state index is 12.6. The van der Waals surface area contributed by atoms with Crippen LogP contribution in [0.25, 0.3) is 0 Å². The van der Waals surface area contributed by atoms with E-state index in [1.165, 1.54) is 0 Å². The third-order valence-corrected chi connectivity index (χ3v) is 5.70. The average molecular weight is 324 g/mol. The molecule has 2 bridgehead atoms. The molecule has 2 rings (SSSR count). The van der Waals surface area contributed by atoms with E-state index >= 15 is 0 Å². The molecule has 4 heteroatoms. The zero-order valence-electron chi connectivity index (χ0n) is 15.4. The maximum Gasteiger partial charge on any atom is 0.310 e. The van der Waals surface area contributed by atoms with Gasteiger partial charge in [-0.3, -0.25) is 9.59 Å². The number of hydrogen-bond donors (Lipinski definition) is 0. The highest BCUT2D eigenvalue weighted by molar-refractivity contribution is 5.84. The zero-order chi connectivity index (χ0) is 17.3. The van der Waals surface area contributed by atoms with Gasteiger partial charge in [-0.2, -0.15) is 0 Å². The number of hydrogen-bond acceptors (Lipinski definition) is 4. The summed E-state index contributed by atoms with van der Waals surface area (Å²) in [5, 5.41) is 0. The fourth-order valence-electron chi connectivity index (χ4n) is 4.34. The van der Waals surface area contributed by atoms with Gasteiger partial charge < -0.3 is 9.47 Å². The second-order valence-electron chi connectivity index (χ2n) is 8.38. The van der Waals surface area contributed by atoms with Crippen LogP contribution in [0, 0.1) is 47.3 Å². The molecule has 2 fully saturated rings. The molecule has 2 aliphatic carbocycles. The van der Waals surface area contributed by atoms with Gasteiger partial charge in [0.15, 0.2) is 0 Å². The van der Waals surface area contributed by atoms with Crippen molar-refractivity contribution < 1.29 is 19.1 Å². The first-order valence-corrected chi connectivity index (χ1v) is 9.07. The number of carbonyl (C=O) groups excluding carboxylic acids is 2. The van der Waals surface area contributed by atoms with Gasteiger partial charge in [-0.25, -0.2) is 0 Å². The lowest BCUT2D eigenvalue weighted by molar-refractivity contribution is -0.167. The van der Waals surface area contributed by atoms with E-state index in [1.807, 2.05) is 27.7 Å². The molecule has 0 aliphatic heterocycles. The molecule has 23 heavy (non-hydrogen) atoms. The van der Waals surface area contributed by atoms with Gasteiger partial charge in [0.2, 0.25) is 0 Å². The average Bonchev–Trinajstić information content (AvgIpc) is 2.99. The summed E-state index contributed by atoms with van der Waals surface area (Å²) in [7, 11) is 0. The van der Waals surface area contributed by atoms with Gasteiger partial charge in [0.05, 0.1) is 25.0 Å². The Hall–Kier alpha value is -1.06. The van der Waals surface area contributed by atoms with Gasteiger partial charge in [-0.15, -0.1) is 0 Å². The molecule has 0 amide bonds. The SMILES string of the molecule is CC(C)COC(=O)C1C2CC(C(C)C2C)C1C(=O)OCC(C)C. The van der Waals surface area contributed by atoms with Crippen LogP contribution in [0.4, 0.5) is 0 Å². The molecule has 0 aromatic rings. The third kappa shape index (κ3) is 3.72. The van der Waals surface area contributed by atoms with Crippen LogP contribution in [0.3, 0.4) is 0 Å². The third-order valence-electron chi connectivity index (χ3n) is 5.70. The molecule has 0 N–H and O–H groups in total. The molecule has 0 heterocycles. The molecule has 0 aromatic carbocycles. The first-order valence-electron chi connectivity index (χ1n) is 9.07. The summed E-state index contributed by atoms with van der Waals surface area (Å²) < 4.78 is 11.0. The Morgan fingerprint density at radius 1 is 0.826 bits per heavy atom. The zero-order valence-corrected chi connectivity index (χ0v) is 15.4. The predicted molar refractivity (Wildman–Crippen MR) is 88.5 cm³/mol. The number of ether oxygens (including phenoxy) is 2. The van der Waals surface area contributed by atoms with Crippen molar-refractivity contribution in [2.75, 3.05) is 13.2 Å². The Balaban J connectivity index is 2.12. The van der Waals surface area contributed by atoms with E-state index in [0.717, 1.165) is 6.42 Å². The maximum atomic E-state index is 12.6. The van der Waals surface area contributed by atoms with Crippen LogP contribution in [-0.4, -0.2) is 25.2 Å². The van der Waals surface area contributed by atoms with E-state index in [1.54, 1.807) is 0 Å². The van der Waals surface area contributed by atoms with Crippen molar-refractivity contribution >= 4 is 11.9 Å². The van der Waals surface area contributed by atoms with Crippen molar-refractivity contribution in [2.45, 2.75) is 48.0 Å². The van der Waals surface area contributed by atoms with Crippen molar-refractivity contribution in [3.8, 4) is 0 Å². The smallest absolute Gasteiger partial charge is 0.310 e. The molecule has 0 saturated heterocycles. The molecule has 2 aliphatic rings. The Morgan fingerprint density at radius 2 is 1.17 bits per heavy atom. The Labute approximate surface area is 140 Å². The lowest BCUT2D eigenvalue weighted by atomic mass is 9.69. The molecule has 6 atom stereocenters. The quantitative estimate of drug-likeness (QED) is 0.701. The lowest BCUT2D eigenvalue weighted by Gasteiger charge is -2.36. The molecule has 0 spiro atoms. The summed E-state index contributed by atoms with van der Waals surface area (Å²) in [5.41, 5.74) is 0. The molecule has 0 aromatic heterocycles. The van der Waals surface area contributed by atoms with Gasteiger partial charge in [0.1, 0.15) is 0 Å². The predicted octanol–water partition coefficient (Wildman–Crippen LogP) is 3.54. The minimum absolute atomic E-state index is 0.198. The van der Waals surface area contributed by atoms with E-state index < -0.39 is 0 Å². The minimum atomic E-state index is -0.315. The summed E-state index contributed by atoms with van der Waals surface area (Å²) in [6.45, 7) is 13.3. The molecule has 4 nitrogen and oxygen atoms in total. The second kappa shape index (κ2) is 7.23. The first-order chi connectivity index (χ1) is 10.7. The first kappa shape index (κ1) is 18.3. The summed E-state index contributed by atoms with van der Waals surface area (Å²) >= 11 is 0. The number of fused-ring (bicyclic) bond motifs is 2. The van der Waals surface area contributed by atoms with Crippen molar-refractivity contribution in [1.82, 2.24) is 0 Å². The number of esters is 2. The van der Waals surface area contributed by atoms with Crippen LogP contribution in [0.1, 0.15) is 48.0 Å². The molecular weight excluding hydrogens is 292 g/mol. The lowest BCUT2D eigenvalue weighted by Crippen LogP contribution is -2.42. The summed E-state index contributed by atoms with van der Waals surface area (Å²) in [6.07, 6.45) is 0.950. The highest BCUT2D eigenvalue weighted by atomic mass is 16.5. The van der Waals surface area contributed by atoms with Crippen molar-refractivity contribution in [3.63, 3.8) is 0 Å².